The van der Waals surface area contributed by atoms with Gasteiger partial charge in [-0.3, -0.25) is 4.79 Å². The highest BCUT2D eigenvalue weighted by atomic mass is 19.1. The normalized spacial score (nSPS) is 29.8. The van der Waals surface area contributed by atoms with Crippen molar-refractivity contribution in [2.75, 3.05) is 6.54 Å². The highest BCUT2D eigenvalue weighted by molar-refractivity contribution is 5.85. The fraction of sp³-hybridized carbons (Fsp3) is 0.464. The number of piperidine rings is 1. The van der Waals surface area contributed by atoms with Gasteiger partial charge in [0.25, 0.3) is 0 Å². The Morgan fingerprint density at radius 2 is 1.81 bits per heavy atom. The molecule has 6 rings (SSSR count). The molecule has 2 saturated carbocycles. The smallest absolute Gasteiger partial charge is 0.150 e. The summed E-state index contributed by atoms with van der Waals surface area (Å²) < 4.78 is 33.0. The number of fused-ring (bicyclic) bond motifs is 1. The zero-order valence-electron chi connectivity index (χ0n) is 20.3. The maximum Gasteiger partial charge on any atom is 0.150 e. The zero-order chi connectivity index (χ0) is 23.5. The summed E-state index contributed by atoms with van der Waals surface area (Å²) in [4.78, 5) is 15.5. The van der Waals surface area contributed by atoms with Gasteiger partial charge in [-0.1, -0.05) is 24.3 Å². The lowest BCUT2D eigenvalue weighted by Crippen LogP contribution is -2.56. The van der Waals surface area contributed by atoms with Crippen molar-refractivity contribution in [3.8, 4) is 11.1 Å². The Balaban J connectivity index is 1.19. The fourth-order valence-electron chi connectivity index (χ4n) is 5.90. The van der Waals surface area contributed by atoms with Crippen molar-refractivity contribution in [3.05, 3.63) is 60.0 Å². The number of rotatable bonds is 4. The van der Waals surface area contributed by atoms with E-state index in [1.807, 2.05) is 36.5 Å². The molecule has 0 bridgehead atoms. The van der Waals surface area contributed by atoms with Crippen LogP contribution in [-0.4, -0.2) is 22.9 Å². The summed E-state index contributed by atoms with van der Waals surface area (Å²) >= 11 is 0. The molecule has 32 heavy (non-hydrogen) atoms. The van der Waals surface area contributed by atoms with Gasteiger partial charge in [0.05, 0.1) is 6.54 Å². The molecule has 1 spiro atoms. The molecule has 2 N–H and O–H groups in total. The first-order valence-corrected chi connectivity index (χ1v) is 12.0. The summed E-state index contributed by atoms with van der Waals surface area (Å²) in [5.74, 6) is 0.394. The van der Waals surface area contributed by atoms with Crippen molar-refractivity contribution >= 4 is 16.7 Å². The van der Waals surface area contributed by atoms with Crippen LogP contribution < -0.4 is 5.32 Å². The molecule has 0 radical (unpaired) electrons. The molecule has 3 aromatic rings. The van der Waals surface area contributed by atoms with E-state index < -0.39 is 12.2 Å². The van der Waals surface area contributed by atoms with E-state index in [9.17, 15) is 4.79 Å². The van der Waals surface area contributed by atoms with Crippen LogP contribution in [0.1, 0.15) is 53.3 Å². The van der Waals surface area contributed by atoms with Gasteiger partial charge in [0.15, 0.2) is 0 Å². The summed E-state index contributed by atoms with van der Waals surface area (Å²) in [5.41, 5.74) is 2.75. The van der Waals surface area contributed by atoms with Gasteiger partial charge in [-0.2, -0.15) is 0 Å². The highest BCUT2D eigenvalue weighted by Gasteiger charge is 2.47. The number of aromatic amines is 1. The maximum atomic E-state index is 15.3. The molecule has 1 aliphatic heterocycles. The van der Waals surface area contributed by atoms with Crippen molar-refractivity contribution in [2.45, 2.75) is 56.9 Å². The van der Waals surface area contributed by atoms with Gasteiger partial charge in [-0.15, -0.1) is 0 Å². The minimum absolute atomic E-state index is 0.0490. The standard InChI is InChI=1S/C28H31FN2O/c29-25-14-21(22-4-3-20-9-12-30-26(20)15-22)5-6-23(25)13-18-7-10-28(11-8-18)16-24(19-1-2-19)27(32)17-31-28/h3-6,9,12,14-15,18-19,24,30-31H,1-2,7-8,10-11,13,16-17H2/i13D2. The van der Waals surface area contributed by atoms with Crippen molar-refractivity contribution in [3.63, 3.8) is 0 Å². The van der Waals surface area contributed by atoms with Gasteiger partial charge < -0.3 is 10.3 Å². The van der Waals surface area contributed by atoms with Gasteiger partial charge in [-0.05, 0) is 103 Å². The molecular formula is C28H31FN2O. The minimum Gasteiger partial charge on any atom is -0.361 e. The number of hydrogen-bond donors (Lipinski definition) is 2. The SMILES string of the molecule is [2H]C([2H])(c1ccc(-c2ccc3cc[nH]c3c2)cc1F)C1CCC2(CC1)CC(C1CC1)C(=O)CN2. The minimum atomic E-state index is -1.73. The molecule has 0 amide bonds. The van der Waals surface area contributed by atoms with Crippen LogP contribution in [0.5, 0.6) is 0 Å². The molecule has 3 nitrogen and oxygen atoms in total. The molecule has 1 atom stereocenters. The molecule has 2 heterocycles. The average Bonchev–Trinajstić information content (AvgIpc) is 3.57. The number of carbonyl (C=O) groups excluding carboxylic acids is 1. The van der Waals surface area contributed by atoms with Crippen molar-refractivity contribution in [1.82, 2.24) is 10.3 Å². The fourth-order valence-corrected chi connectivity index (χ4v) is 5.90. The molecule has 3 fully saturated rings. The number of Topliss-reactive ketones (excluding diaryl/α,β-unsaturated/α-hetero) is 1. The van der Waals surface area contributed by atoms with E-state index in [1.165, 1.54) is 18.9 Å². The lowest BCUT2D eigenvalue weighted by atomic mass is 9.68. The predicted octanol–water partition coefficient (Wildman–Crippen LogP) is 6.03. The molecule has 4 heteroatoms. The van der Waals surface area contributed by atoms with E-state index in [4.69, 9.17) is 2.74 Å². The largest absolute Gasteiger partial charge is 0.361 e. The molecule has 2 aliphatic carbocycles. The third-order valence-corrected chi connectivity index (χ3v) is 8.01. The second kappa shape index (κ2) is 7.84. The van der Waals surface area contributed by atoms with Gasteiger partial charge in [0, 0.05) is 25.9 Å². The Hall–Kier alpha value is -2.46. The summed E-state index contributed by atoms with van der Waals surface area (Å²) in [6, 6.07) is 12.9. The first-order chi connectivity index (χ1) is 16.3. The second-order valence-electron chi connectivity index (χ2n) is 10.1. The van der Waals surface area contributed by atoms with E-state index in [0.29, 0.717) is 31.1 Å². The number of hydrogen-bond acceptors (Lipinski definition) is 2. The molecular weight excluding hydrogens is 399 g/mol. The second-order valence-corrected chi connectivity index (χ2v) is 10.1. The number of aromatic nitrogens is 1. The molecule has 1 unspecified atom stereocenters. The Labute approximate surface area is 191 Å². The third-order valence-electron chi connectivity index (χ3n) is 8.01. The van der Waals surface area contributed by atoms with E-state index in [-0.39, 0.29) is 22.9 Å². The van der Waals surface area contributed by atoms with Crippen LogP contribution in [0.3, 0.4) is 0 Å². The quantitative estimate of drug-likeness (QED) is 0.528. The predicted molar refractivity (Wildman–Crippen MR) is 126 cm³/mol. The summed E-state index contributed by atoms with van der Waals surface area (Å²) in [7, 11) is 0. The number of ketones is 1. The first kappa shape index (κ1) is 18.0. The highest BCUT2D eigenvalue weighted by Crippen LogP contribution is 2.47. The lowest BCUT2D eigenvalue weighted by molar-refractivity contribution is -0.126. The third kappa shape index (κ3) is 3.79. The van der Waals surface area contributed by atoms with E-state index in [0.717, 1.165) is 41.3 Å². The number of H-pyrrole nitrogens is 1. The molecule has 3 aliphatic rings. The summed E-state index contributed by atoms with van der Waals surface area (Å²) in [5, 5.41) is 4.61. The summed E-state index contributed by atoms with van der Waals surface area (Å²) in [6.07, 6.45) is 6.50. The first-order valence-electron chi connectivity index (χ1n) is 13.0. The molecule has 1 saturated heterocycles. The van der Waals surface area contributed by atoms with Crippen LogP contribution in [0.25, 0.3) is 22.0 Å². The summed E-state index contributed by atoms with van der Waals surface area (Å²) in [6.45, 7) is 0.448. The van der Waals surface area contributed by atoms with Gasteiger partial charge >= 0.3 is 0 Å². The van der Waals surface area contributed by atoms with Crippen molar-refractivity contribution in [1.29, 1.82) is 0 Å². The monoisotopic (exact) mass is 432 g/mol. The number of benzene rings is 2. The topological polar surface area (TPSA) is 44.9 Å². The van der Waals surface area contributed by atoms with Crippen molar-refractivity contribution < 1.29 is 11.9 Å². The Bertz CT molecular complexity index is 1240. The Kier molecular flexibility index (Phi) is 4.42. The number of halogens is 1. The zero-order valence-corrected chi connectivity index (χ0v) is 18.3. The average molecular weight is 433 g/mol. The van der Waals surface area contributed by atoms with Gasteiger partial charge in [0.2, 0.25) is 0 Å². The van der Waals surface area contributed by atoms with E-state index in [2.05, 4.69) is 10.3 Å². The van der Waals surface area contributed by atoms with Crippen LogP contribution in [0, 0.1) is 23.6 Å². The van der Waals surface area contributed by atoms with Crippen LogP contribution >= 0.6 is 0 Å². The van der Waals surface area contributed by atoms with Crippen molar-refractivity contribution in [2.24, 2.45) is 17.8 Å². The number of nitrogens with one attached hydrogen (secondary N) is 2. The van der Waals surface area contributed by atoms with Crippen LogP contribution in [0.2, 0.25) is 0 Å². The van der Waals surface area contributed by atoms with Crippen LogP contribution in [0.4, 0.5) is 4.39 Å². The Morgan fingerprint density at radius 1 is 1.03 bits per heavy atom. The number of carbonyl (C=O) groups is 1. The van der Waals surface area contributed by atoms with Crippen LogP contribution in [-0.2, 0) is 11.2 Å². The lowest BCUT2D eigenvalue weighted by Gasteiger charge is -2.46. The Morgan fingerprint density at radius 3 is 2.59 bits per heavy atom. The van der Waals surface area contributed by atoms with E-state index in [1.54, 1.807) is 6.07 Å². The van der Waals surface area contributed by atoms with Crippen LogP contribution in [0.15, 0.2) is 48.7 Å². The molecule has 2 aromatic carbocycles. The van der Waals surface area contributed by atoms with Gasteiger partial charge in [-0.25, -0.2) is 4.39 Å². The maximum absolute atomic E-state index is 15.3. The molecule has 1 aromatic heterocycles. The van der Waals surface area contributed by atoms with E-state index >= 15 is 4.39 Å². The van der Waals surface area contributed by atoms with Gasteiger partial charge in [0.1, 0.15) is 11.6 Å². The molecule has 166 valence electrons.